The van der Waals surface area contributed by atoms with Gasteiger partial charge in [-0.05, 0) is 50.3 Å². The van der Waals surface area contributed by atoms with Crippen LogP contribution in [0.25, 0.3) is 0 Å². The number of ether oxygens (including phenoxy) is 1. The maximum atomic E-state index is 12.8. The van der Waals surface area contributed by atoms with Gasteiger partial charge in [-0.2, -0.15) is 0 Å². The van der Waals surface area contributed by atoms with Gasteiger partial charge in [-0.25, -0.2) is 4.79 Å². The van der Waals surface area contributed by atoms with E-state index in [4.69, 9.17) is 16.3 Å². The number of hydrogen-bond acceptors (Lipinski definition) is 6. The van der Waals surface area contributed by atoms with Crippen LogP contribution >= 0.6 is 22.9 Å². The van der Waals surface area contributed by atoms with Crippen molar-refractivity contribution in [1.82, 2.24) is 0 Å². The number of benzene rings is 1. The molecule has 0 atom stereocenters. The van der Waals surface area contributed by atoms with Gasteiger partial charge in [0.2, 0.25) is 0 Å². The Bertz CT molecular complexity index is 957. The second kappa shape index (κ2) is 9.37. The molecule has 2 aromatic rings. The molecule has 0 bridgehead atoms. The molecule has 1 aromatic carbocycles. The van der Waals surface area contributed by atoms with Crippen molar-refractivity contribution in [3.63, 3.8) is 0 Å². The molecule has 0 unspecified atom stereocenters. The summed E-state index contributed by atoms with van der Waals surface area (Å²) >= 11 is 7.18. The van der Waals surface area contributed by atoms with E-state index in [1.165, 1.54) is 23.5 Å². The minimum atomic E-state index is -0.659. The summed E-state index contributed by atoms with van der Waals surface area (Å²) in [7, 11) is 0. The quantitative estimate of drug-likeness (QED) is 0.384. The SMILES string of the molecule is CCOC(=O)c1c(NC(=O)c2ccc(Cl)cc2[N+](=O)[O-])sc2c1CCCCCC2. The summed E-state index contributed by atoms with van der Waals surface area (Å²) < 4.78 is 5.22. The number of rotatable bonds is 5. The maximum absolute atomic E-state index is 12.8. The zero-order valence-corrected chi connectivity index (χ0v) is 17.5. The molecule has 154 valence electrons. The van der Waals surface area contributed by atoms with Crippen molar-refractivity contribution in [2.45, 2.75) is 45.4 Å². The van der Waals surface area contributed by atoms with E-state index >= 15 is 0 Å². The maximum Gasteiger partial charge on any atom is 0.341 e. The summed E-state index contributed by atoms with van der Waals surface area (Å²) in [5.74, 6) is -1.14. The van der Waals surface area contributed by atoms with Gasteiger partial charge in [-0.3, -0.25) is 14.9 Å². The molecule has 1 aromatic heterocycles. The lowest BCUT2D eigenvalue weighted by atomic mass is 9.96. The third kappa shape index (κ3) is 4.76. The summed E-state index contributed by atoms with van der Waals surface area (Å²) in [5.41, 5.74) is 0.797. The molecule has 0 aliphatic heterocycles. The summed E-state index contributed by atoms with van der Waals surface area (Å²) in [6.45, 7) is 1.95. The summed E-state index contributed by atoms with van der Waals surface area (Å²) in [5, 5.41) is 14.6. The average molecular weight is 437 g/mol. The van der Waals surface area contributed by atoms with Gasteiger partial charge >= 0.3 is 5.97 Å². The molecule has 29 heavy (non-hydrogen) atoms. The van der Waals surface area contributed by atoms with E-state index < -0.39 is 16.8 Å². The van der Waals surface area contributed by atoms with Crippen molar-refractivity contribution in [2.75, 3.05) is 11.9 Å². The number of nitrogens with one attached hydrogen (secondary N) is 1. The summed E-state index contributed by atoms with van der Waals surface area (Å²) in [4.78, 5) is 37.2. The van der Waals surface area contributed by atoms with Crippen molar-refractivity contribution >= 4 is 45.5 Å². The van der Waals surface area contributed by atoms with E-state index in [1.807, 2.05) is 0 Å². The van der Waals surface area contributed by atoms with E-state index in [-0.39, 0.29) is 22.9 Å². The molecule has 3 rings (SSSR count). The Morgan fingerprint density at radius 3 is 2.66 bits per heavy atom. The van der Waals surface area contributed by atoms with E-state index in [1.54, 1.807) is 6.92 Å². The van der Waals surface area contributed by atoms with Gasteiger partial charge in [0.1, 0.15) is 10.6 Å². The monoisotopic (exact) mass is 436 g/mol. The van der Waals surface area contributed by atoms with Gasteiger partial charge in [0.05, 0.1) is 17.1 Å². The van der Waals surface area contributed by atoms with Gasteiger partial charge in [0, 0.05) is 16.0 Å². The van der Waals surface area contributed by atoms with Crippen molar-refractivity contribution in [2.24, 2.45) is 0 Å². The number of anilines is 1. The fraction of sp³-hybridized carbons (Fsp3) is 0.400. The van der Waals surface area contributed by atoms with Crippen LogP contribution in [-0.4, -0.2) is 23.4 Å². The minimum absolute atomic E-state index is 0.116. The van der Waals surface area contributed by atoms with Crippen molar-refractivity contribution < 1.29 is 19.2 Å². The highest BCUT2D eigenvalue weighted by Gasteiger charge is 2.28. The number of nitrogens with zero attached hydrogens (tertiary/aromatic N) is 1. The van der Waals surface area contributed by atoms with Crippen LogP contribution in [-0.2, 0) is 17.6 Å². The van der Waals surface area contributed by atoms with Gasteiger partial charge in [-0.15, -0.1) is 11.3 Å². The Hall–Kier alpha value is -2.45. The van der Waals surface area contributed by atoms with Crippen LogP contribution in [0.3, 0.4) is 0 Å². The van der Waals surface area contributed by atoms with E-state index in [0.717, 1.165) is 55.0 Å². The largest absolute Gasteiger partial charge is 0.462 e. The molecule has 1 amide bonds. The summed E-state index contributed by atoms with van der Waals surface area (Å²) in [6.07, 6.45) is 5.79. The number of nitro groups is 1. The molecular weight excluding hydrogens is 416 g/mol. The molecule has 0 fully saturated rings. The summed E-state index contributed by atoms with van der Waals surface area (Å²) in [6, 6.07) is 3.86. The topological polar surface area (TPSA) is 98.5 Å². The van der Waals surface area contributed by atoms with Crippen LogP contribution in [0, 0.1) is 10.1 Å². The smallest absolute Gasteiger partial charge is 0.341 e. The number of esters is 1. The van der Waals surface area contributed by atoms with Gasteiger partial charge in [0.25, 0.3) is 11.6 Å². The number of fused-ring (bicyclic) bond motifs is 1. The number of nitro benzene ring substituents is 1. The lowest BCUT2D eigenvalue weighted by Crippen LogP contribution is -2.16. The Morgan fingerprint density at radius 2 is 1.97 bits per heavy atom. The number of hydrogen-bond donors (Lipinski definition) is 1. The first kappa shape index (κ1) is 21.3. The first-order valence-corrected chi connectivity index (χ1v) is 10.7. The third-order valence-corrected chi connectivity index (χ3v) is 6.22. The number of aryl methyl sites for hydroxylation is 1. The minimum Gasteiger partial charge on any atom is -0.462 e. The molecular formula is C20H21ClN2O5S. The zero-order chi connectivity index (χ0) is 21.0. The molecule has 1 heterocycles. The fourth-order valence-electron chi connectivity index (χ4n) is 3.45. The highest BCUT2D eigenvalue weighted by Crippen LogP contribution is 2.38. The molecule has 0 saturated heterocycles. The first-order chi connectivity index (χ1) is 13.9. The molecule has 1 aliphatic carbocycles. The van der Waals surface area contributed by atoms with E-state index in [9.17, 15) is 19.7 Å². The zero-order valence-electron chi connectivity index (χ0n) is 16.0. The van der Waals surface area contributed by atoms with Crippen LogP contribution < -0.4 is 5.32 Å². The predicted octanol–water partition coefficient (Wildman–Crippen LogP) is 5.40. The molecule has 1 aliphatic rings. The predicted molar refractivity (Wildman–Crippen MR) is 112 cm³/mol. The van der Waals surface area contributed by atoms with Crippen molar-refractivity contribution in [3.8, 4) is 0 Å². The molecule has 0 saturated carbocycles. The normalized spacial score (nSPS) is 13.7. The second-order valence-electron chi connectivity index (χ2n) is 6.72. The van der Waals surface area contributed by atoms with Crippen LogP contribution in [0.4, 0.5) is 10.7 Å². The fourth-order valence-corrected chi connectivity index (χ4v) is 4.88. The third-order valence-electron chi connectivity index (χ3n) is 4.78. The Labute approximate surface area is 177 Å². The molecule has 0 spiro atoms. The Morgan fingerprint density at radius 1 is 1.24 bits per heavy atom. The Balaban J connectivity index is 2.00. The van der Waals surface area contributed by atoms with Gasteiger partial charge < -0.3 is 10.1 Å². The van der Waals surface area contributed by atoms with Gasteiger partial charge in [-0.1, -0.05) is 24.4 Å². The van der Waals surface area contributed by atoms with Crippen molar-refractivity contribution in [1.29, 1.82) is 0 Å². The average Bonchev–Trinajstić information content (AvgIpc) is 2.97. The van der Waals surface area contributed by atoms with E-state index in [0.29, 0.717) is 10.6 Å². The lowest BCUT2D eigenvalue weighted by Gasteiger charge is -2.11. The van der Waals surface area contributed by atoms with Crippen molar-refractivity contribution in [3.05, 3.63) is 54.9 Å². The number of carbonyl (C=O) groups excluding carboxylic acids is 2. The van der Waals surface area contributed by atoms with E-state index in [2.05, 4.69) is 5.32 Å². The lowest BCUT2D eigenvalue weighted by molar-refractivity contribution is -0.385. The highest BCUT2D eigenvalue weighted by atomic mass is 35.5. The number of halogens is 1. The van der Waals surface area contributed by atoms with Crippen LogP contribution in [0.5, 0.6) is 0 Å². The first-order valence-electron chi connectivity index (χ1n) is 9.49. The van der Waals surface area contributed by atoms with Crippen LogP contribution in [0.2, 0.25) is 5.02 Å². The standard InChI is InChI=1S/C20H21ClN2O5S/c1-2-28-20(25)17-14-7-5-3-4-6-8-16(14)29-19(17)22-18(24)13-10-9-12(21)11-15(13)23(26)27/h9-11H,2-8H2,1H3,(H,22,24). The van der Waals surface area contributed by atoms with Crippen LogP contribution in [0.15, 0.2) is 18.2 Å². The number of thiophene rings is 1. The van der Waals surface area contributed by atoms with Crippen LogP contribution in [0.1, 0.15) is 63.8 Å². The second-order valence-corrected chi connectivity index (χ2v) is 8.26. The molecule has 9 heteroatoms. The molecule has 0 radical (unpaired) electrons. The van der Waals surface area contributed by atoms with Gasteiger partial charge in [0.15, 0.2) is 0 Å². The molecule has 7 nitrogen and oxygen atoms in total. The Kier molecular flexibility index (Phi) is 6.87. The number of amides is 1. The highest BCUT2D eigenvalue weighted by molar-refractivity contribution is 7.17. The molecule has 1 N–H and O–H groups in total. The number of carbonyl (C=O) groups is 2.